The van der Waals surface area contributed by atoms with E-state index < -0.39 is 0 Å². The normalized spacial score (nSPS) is 20.1. The van der Waals surface area contributed by atoms with Gasteiger partial charge in [0.2, 0.25) is 0 Å². The molecule has 0 aliphatic heterocycles. The molecule has 0 atom stereocenters. The van der Waals surface area contributed by atoms with Crippen LogP contribution in [0.1, 0.15) is 43.0 Å². The molecule has 0 spiro atoms. The number of nitrogens with zero attached hydrogens (tertiary/aromatic N) is 1. The third-order valence-electron chi connectivity index (χ3n) is 4.13. The Kier molecular flexibility index (Phi) is 3.12. The van der Waals surface area contributed by atoms with Crippen molar-refractivity contribution < 1.29 is 9.53 Å². The Morgan fingerprint density at radius 3 is 2.89 bits per heavy atom. The van der Waals surface area contributed by atoms with E-state index in [2.05, 4.69) is 9.69 Å². The molecular weight excluding hydrogens is 262 g/mol. The van der Waals surface area contributed by atoms with Crippen LogP contribution in [0.3, 0.4) is 0 Å². The molecule has 1 aromatic rings. The number of nitrogen functional groups attached to an aromatic ring is 1. The third-order valence-corrected chi connectivity index (χ3v) is 4.95. The first-order valence-corrected chi connectivity index (χ1v) is 7.60. The molecule has 2 saturated carbocycles. The van der Waals surface area contributed by atoms with Gasteiger partial charge in [-0.2, -0.15) is 4.37 Å². The molecule has 0 unspecified atom stereocenters. The number of carbonyl (C=O) groups is 1. The molecule has 19 heavy (non-hydrogen) atoms. The van der Waals surface area contributed by atoms with E-state index >= 15 is 0 Å². The average Bonchev–Trinajstić information content (AvgIpc) is 3.25. The van der Waals surface area contributed by atoms with Gasteiger partial charge in [-0.1, -0.05) is 0 Å². The minimum atomic E-state index is -0.382. The first kappa shape index (κ1) is 12.7. The Hall–Kier alpha value is -1.30. The van der Waals surface area contributed by atoms with Gasteiger partial charge in [-0.3, -0.25) is 0 Å². The van der Waals surface area contributed by atoms with Crippen LogP contribution in [0.4, 0.5) is 10.8 Å². The summed E-state index contributed by atoms with van der Waals surface area (Å²) in [5.41, 5.74) is 6.64. The smallest absolute Gasteiger partial charge is 0.344 e. The van der Waals surface area contributed by atoms with Gasteiger partial charge in [-0.15, -0.1) is 0 Å². The highest BCUT2D eigenvalue weighted by Crippen LogP contribution is 2.61. The summed E-state index contributed by atoms with van der Waals surface area (Å²) in [4.78, 5) is 11.9. The van der Waals surface area contributed by atoms with Gasteiger partial charge in [-0.25, -0.2) is 4.79 Å². The summed E-state index contributed by atoms with van der Waals surface area (Å²) in [6.07, 6.45) is 5.32. The zero-order valence-corrected chi connectivity index (χ0v) is 11.9. The SMILES string of the molecule is CCOC(=O)c1c(N)nsc1NCC1(C2CC2)CC1. The maximum Gasteiger partial charge on any atom is 0.344 e. The lowest BCUT2D eigenvalue weighted by Crippen LogP contribution is -2.18. The first-order chi connectivity index (χ1) is 9.16. The first-order valence-electron chi connectivity index (χ1n) is 6.82. The molecule has 0 amide bonds. The molecule has 1 heterocycles. The number of ether oxygens (including phenoxy) is 1. The number of aromatic nitrogens is 1. The maximum atomic E-state index is 11.9. The van der Waals surface area contributed by atoms with Gasteiger partial charge in [-0.05, 0) is 55.5 Å². The summed E-state index contributed by atoms with van der Waals surface area (Å²) in [7, 11) is 0. The highest BCUT2D eigenvalue weighted by Gasteiger charge is 2.53. The molecule has 0 saturated heterocycles. The Morgan fingerprint density at radius 2 is 2.32 bits per heavy atom. The molecule has 104 valence electrons. The van der Waals surface area contributed by atoms with E-state index in [-0.39, 0.29) is 11.8 Å². The fourth-order valence-corrected chi connectivity index (χ4v) is 3.36. The van der Waals surface area contributed by atoms with Crippen molar-refractivity contribution in [2.75, 3.05) is 24.2 Å². The molecule has 3 N–H and O–H groups in total. The van der Waals surface area contributed by atoms with Crippen LogP contribution in [0.25, 0.3) is 0 Å². The number of nitrogens with one attached hydrogen (secondary N) is 1. The third kappa shape index (κ3) is 2.41. The fraction of sp³-hybridized carbons (Fsp3) is 0.692. The predicted molar refractivity (Wildman–Crippen MR) is 75.4 cm³/mol. The molecule has 5 nitrogen and oxygen atoms in total. The van der Waals surface area contributed by atoms with Gasteiger partial charge in [0.15, 0.2) is 5.82 Å². The molecule has 0 bridgehead atoms. The van der Waals surface area contributed by atoms with Crippen molar-refractivity contribution in [1.29, 1.82) is 0 Å². The van der Waals surface area contributed by atoms with E-state index in [0.717, 1.165) is 17.5 Å². The summed E-state index contributed by atoms with van der Waals surface area (Å²) >= 11 is 1.24. The predicted octanol–water partition coefficient (Wildman–Crippen LogP) is 2.50. The van der Waals surface area contributed by atoms with Gasteiger partial charge in [0, 0.05) is 6.54 Å². The second kappa shape index (κ2) is 4.67. The maximum absolute atomic E-state index is 11.9. The summed E-state index contributed by atoms with van der Waals surface area (Å²) < 4.78 is 9.08. The van der Waals surface area contributed by atoms with Gasteiger partial charge in [0.25, 0.3) is 0 Å². The van der Waals surface area contributed by atoms with Crippen molar-refractivity contribution >= 4 is 28.3 Å². The summed E-state index contributed by atoms with van der Waals surface area (Å²) in [6.45, 7) is 3.05. The van der Waals surface area contributed by atoms with Gasteiger partial charge in [0.1, 0.15) is 10.6 Å². The van der Waals surface area contributed by atoms with Crippen LogP contribution in [-0.4, -0.2) is 23.5 Å². The van der Waals surface area contributed by atoms with E-state index in [1.54, 1.807) is 6.92 Å². The van der Waals surface area contributed by atoms with Gasteiger partial charge in [0.05, 0.1) is 6.61 Å². The van der Waals surface area contributed by atoms with Crippen molar-refractivity contribution in [3.63, 3.8) is 0 Å². The van der Waals surface area contributed by atoms with Crippen LogP contribution < -0.4 is 11.1 Å². The molecule has 2 aliphatic rings. The van der Waals surface area contributed by atoms with Crippen LogP contribution in [0.5, 0.6) is 0 Å². The zero-order chi connectivity index (χ0) is 13.5. The number of rotatable bonds is 6. The highest BCUT2D eigenvalue weighted by molar-refractivity contribution is 7.11. The van der Waals surface area contributed by atoms with E-state index in [4.69, 9.17) is 10.5 Å². The highest BCUT2D eigenvalue weighted by atomic mass is 32.1. The number of esters is 1. The minimum Gasteiger partial charge on any atom is -0.462 e. The van der Waals surface area contributed by atoms with Crippen LogP contribution >= 0.6 is 11.5 Å². The minimum absolute atomic E-state index is 0.266. The van der Waals surface area contributed by atoms with Crippen LogP contribution in [-0.2, 0) is 4.74 Å². The zero-order valence-electron chi connectivity index (χ0n) is 11.1. The molecule has 2 aliphatic carbocycles. The molecule has 1 aromatic heterocycles. The summed E-state index contributed by atoms with van der Waals surface area (Å²) in [5, 5.41) is 4.13. The van der Waals surface area contributed by atoms with Crippen LogP contribution in [0.2, 0.25) is 0 Å². The Labute approximate surface area is 116 Å². The van der Waals surface area contributed by atoms with Crippen molar-refractivity contribution in [2.45, 2.75) is 32.6 Å². The van der Waals surface area contributed by atoms with Crippen molar-refractivity contribution in [3.05, 3.63) is 5.56 Å². The number of anilines is 2. The van der Waals surface area contributed by atoms with E-state index in [0.29, 0.717) is 17.6 Å². The largest absolute Gasteiger partial charge is 0.462 e. The Bertz CT molecular complexity index is 492. The van der Waals surface area contributed by atoms with Gasteiger partial charge < -0.3 is 15.8 Å². The molecular formula is C13H19N3O2S. The fourth-order valence-electron chi connectivity index (χ4n) is 2.67. The lowest BCUT2D eigenvalue weighted by atomic mass is 10.0. The van der Waals surface area contributed by atoms with E-state index in [1.807, 2.05) is 0 Å². The lowest BCUT2D eigenvalue weighted by Gasteiger charge is -2.15. The van der Waals surface area contributed by atoms with Crippen molar-refractivity contribution in [2.24, 2.45) is 11.3 Å². The molecule has 0 aromatic carbocycles. The van der Waals surface area contributed by atoms with Crippen molar-refractivity contribution in [3.8, 4) is 0 Å². The quantitative estimate of drug-likeness (QED) is 0.783. The van der Waals surface area contributed by atoms with Gasteiger partial charge >= 0.3 is 5.97 Å². The Balaban J connectivity index is 1.69. The summed E-state index contributed by atoms with van der Waals surface area (Å²) in [5.74, 6) is 0.769. The van der Waals surface area contributed by atoms with Crippen LogP contribution in [0.15, 0.2) is 0 Å². The number of nitrogens with two attached hydrogens (primary N) is 1. The standard InChI is InChI=1S/C13H19N3O2S/c1-2-18-12(17)9-10(14)16-19-11(9)15-7-13(5-6-13)8-3-4-8/h8,15H,2-7H2,1H3,(H2,14,16). The molecule has 2 fully saturated rings. The molecule has 3 rings (SSSR count). The Morgan fingerprint density at radius 1 is 1.58 bits per heavy atom. The molecule has 6 heteroatoms. The second-order valence-electron chi connectivity index (χ2n) is 5.48. The summed E-state index contributed by atoms with van der Waals surface area (Å²) in [6, 6.07) is 0. The number of carbonyl (C=O) groups excluding carboxylic acids is 1. The number of hydrogen-bond donors (Lipinski definition) is 2. The lowest BCUT2D eigenvalue weighted by molar-refractivity contribution is 0.0529. The number of hydrogen-bond acceptors (Lipinski definition) is 6. The van der Waals surface area contributed by atoms with Crippen molar-refractivity contribution in [1.82, 2.24) is 4.37 Å². The van der Waals surface area contributed by atoms with E-state index in [1.165, 1.54) is 37.2 Å². The second-order valence-corrected chi connectivity index (χ2v) is 6.26. The monoisotopic (exact) mass is 281 g/mol. The average molecular weight is 281 g/mol. The topological polar surface area (TPSA) is 77.2 Å². The molecule has 0 radical (unpaired) electrons. The van der Waals surface area contributed by atoms with E-state index in [9.17, 15) is 4.79 Å². The van der Waals surface area contributed by atoms with Crippen LogP contribution in [0, 0.1) is 11.3 Å².